The second kappa shape index (κ2) is 4.92. The molecule has 0 N–H and O–H groups in total. The van der Waals surface area contributed by atoms with E-state index in [0.717, 1.165) is 57.4 Å². The van der Waals surface area contributed by atoms with Crippen LogP contribution in [0.4, 0.5) is 0 Å². The van der Waals surface area contributed by atoms with Gasteiger partial charge in [-0.3, -0.25) is 0 Å². The summed E-state index contributed by atoms with van der Waals surface area (Å²) < 4.78 is 5.17. The van der Waals surface area contributed by atoms with Gasteiger partial charge >= 0.3 is 0 Å². The highest BCUT2D eigenvalue weighted by Crippen LogP contribution is 2.19. The standard InChI is InChI=1S/C9H17N3O4/c1-4-10(5-1)15-12(14-9-3-8-13-9)16-11-6-2-7-11/h9H,1-8H2. The fourth-order valence-electron chi connectivity index (χ4n) is 1.37. The van der Waals surface area contributed by atoms with Crippen molar-refractivity contribution in [2.24, 2.45) is 0 Å². The van der Waals surface area contributed by atoms with Gasteiger partial charge in [0.2, 0.25) is 0 Å². The van der Waals surface area contributed by atoms with E-state index >= 15 is 0 Å². The second-order valence-electron chi connectivity index (χ2n) is 4.15. The van der Waals surface area contributed by atoms with Crippen LogP contribution in [0, 0.1) is 0 Å². The molecule has 1 unspecified atom stereocenters. The Morgan fingerprint density at radius 2 is 1.56 bits per heavy atom. The number of hydrogen-bond acceptors (Lipinski definition) is 7. The van der Waals surface area contributed by atoms with Crippen molar-refractivity contribution < 1.29 is 19.5 Å². The minimum atomic E-state index is -0.234. The average Bonchev–Trinajstić information content (AvgIpc) is 2.08. The van der Waals surface area contributed by atoms with Crippen molar-refractivity contribution in [3.8, 4) is 0 Å². The summed E-state index contributed by atoms with van der Waals surface area (Å²) in [6, 6.07) is 0. The van der Waals surface area contributed by atoms with Crippen molar-refractivity contribution in [2.45, 2.75) is 25.6 Å². The molecule has 7 nitrogen and oxygen atoms in total. The van der Waals surface area contributed by atoms with Crippen molar-refractivity contribution in [3.05, 3.63) is 0 Å². The van der Waals surface area contributed by atoms with Crippen LogP contribution in [-0.2, 0) is 19.5 Å². The monoisotopic (exact) mass is 231 g/mol. The summed E-state index contributed by atoms with van der Waals surface area (Å²) in [6.45, 7) is 4.39. The normalized spacial score (nSPS) is 30.9. The first-order valence-corrected chi connectivity index (χ1v) is 5.85. The van der Waals surface area contributed by atoms with E-state index in [2.05, 4.69) is 0 Å². The van der Waals surface area contributed by atoms with Crippen LogP contribution >= 0.6 is 0 Å². The van der Waals surface area contributed by atoms with Crippen molar-refractivity contribution >= 4 is 0 Å². The Balaban J connectivity index is 1.44. The van der Waals surface area contributed by atoms with E-state index in [0.29, 0.717) is 0 Å². The summed E-state index contributed by atoms with van der Waals surface area (Å²) in [7, 11) is 0. The maximum Gasteiger partial charge on any atom is 0.184 e. The minimum Gasteiger partial charge on any atom is -0.350 e. The third-order valence-electron chi connectivity index (χ3n) is 2.86. The summed E-state index contributed by atoms with van der Waals surface area (Å²) in [5.41, 5.74) is 0. The molecule has 3 fully saturated rings. The van der Waals surface area contributed by atoms with E-state index in [-0.39, 0.29) is 6.29 Å². The molecule has 16 heavy (non-hydrogen) atoms. The molecular formula is C9H17N3O4. The molecule has 3 aliphatic heterocycles. The molecule has 0 radical (unpaired) electrons. The van der Waals surface area contributed by atoms with Gasteiger partial charge in [0.15, 0.2) is 6.29 Å². The molecule has 0 aliphatic carbocycles. The third-order valence-corrected chi connectivity index (χ3v) is 2.86. The van der Waals surface area contributed by atoms with Crippen molar-refractivity contribution in [2.75, 3.05) is 32.8 Å². The zero-order valence-corrected chi connectivity index (χ0v) is 9.21. The first kappa shape index (κ1) is 10.8. The lowest BCUT2D eigenvalue weighted by atomic mass is 10.3. The molecule has 0 aromatic heterocycles. The highest BCUT2D eigenvalue weighted by Gasteiger charge is 2.30. The van der Waals surface area contributed by atoms with Gasteiger partial charge in [-0.05, 0) is 12.8 Å². The smallest absolute Gasteiger partial charge is 0.184 e. The van der Waals surface area contributed by atoms with Gasteiger partial charge in [0.1, 0.15) is 5.39 Å². The van der Waals surface area contributed by atoms with Gasteiger partial charge < -0.3 is 4.74 Å². The molecule has 0 amide bonds. The van der Waals surface area contributed by atoms with Crippen molar-refractivity contribution in [3.63, 3.8) is 0 Å². The predicted molar refractivity (Wildman–Crippen MR) is 51.8 cm³/mol. The van der Waals surface area contributed by atoms with Crippen LogP contribution in [0.2, 0.25) is 0 Å². The summed E-state index contributed by atoms with van der Waals surface area (Å²) in [5.74, 6) is 0. The van der Waals surface area contributed by atoms with Crippen LogP contribution in [0.25, 0.3) is 0 Å². The molecule has 0 aromatic rings. The van der Waals surface area contributed by atoms with E-state index in [9.17, 15) is 0 Å². The fraction of sp³-hybridized carbons (Fsp3) is 1.00. The average molecular weight is 231 g/mol. The Kier molecular flexibility index (Phi) is 3.34. The Bertz CT molecular complexity index is 193. The van der Waals surface area contributed by atoms with Gasteiger partial charge in [0.25, 0.3) is 0 Å². The van der Waals surface area contributed by atoms with E-state index in [4.69, 9.17) is 19.5 Å². The van der Waals surface area contributed by atoms with Crippen LogP contribution in [0.3, 0.4) is 0 Å². The molecule has 0 bridgehead atoms. The summed E-state index contributed by atoms with van der Waals surface area (Å²) in [4.78, 5) is 16.2. The highest BCUT2D eigenvalue weighted by molar-refractivity contribution is 4.58. The zero-order valence-electron chi connectivity index (χ0n) is 9.21. The molecule has 92 valence electrons. The molecular weight excluding hydrogens is 214 g/mol. The van der Waals surface area contributed by atoms with E-state index < -0.39 is 0 Å². The fourth-order valence-corrected chi connectivity index (χ4v) is 1.37. The van der Waals surface area contributed by atoms with Gasteiger partial charge in [-0.1, -0.05) is 0 Å². The lowest BCUT2D eigenvalue weighted by Gasteiger charge is -2.38. The van der Waals surface area contributed by atoms with Crippen molar-refractivity contribution in [1.29, 1.82) is 0 Å². The summed E-state index contributed by atoms with van der Waals surface area (Å²) in [6.07, 6.45) is 2.95. The number of hydroxylamine groups is 4. The third kappa shape index (κ3) is 2.51. The molecule has 3 rings (SSSR count). The molecule has 0 spiro atoms. The molecule has 3 heterocycles. The second-order valence-corrected chi connectivity index (χ2v) is 4.15. The lowest BCUT2D eigenvalue weighted by molar-refractivity contribution is -0.650. The molecule has 0 saturated carbocycles. The Morgan fingerprint density at radius 1 is 1.00 bits per heavy atom. The SMILES string of the molecule is C1CN(ON(OC2CCO2)ON2CCC2)C1. The predicted octanol–water partition coefficient (Wildman–Crippen LogP) is 0.0710. The maximum absolute atomic E-state index is 5.40. The Morgan fingerprint density at radius 3 is 1.88 bits per heavy atom. The number of hydrogen-bond donors (Lipinski definition) is 0. The van der Waals surface area contributed by atoms with Gasteiger partial charge in [-0.2, -0.15) is 20.0 Å². The summed E-state index contributed by atoms with van der Waals surface area (Å²) >= 11 is 0. The molecule has 3 saturated heterocycles. The van der Waals surface area contributed by atoms with E-state index in [1.807, 2.05) is 0 Å². The van der Waals surface area contributed by atoms with Crippen LogP contribution in [0.1, 0.15) is 19.3 Å². The van der Waals surface area contributed by atoms with Gasteiger partial charge in [-0.15, -0.1) is 0 Å². The molecule has 3 aliphatic rings. The van der Waals surface area contributed by atoms with Crippen LogP contribution in [0.15, 0.2) is 0 Å². The largest absolute Gasteiger partial charge is 0.350 e. The molecule has 0 aromatic carbocycles. The maximum atomic E-state index is 5.40. The first-order valence-electron chi connectivity index (χ1n) is 5.85. The Hall–Kier alpha value is -0.280. The highest BCUT2D eigenvalue weighted by atomic mass is 17.3. The lowest BCUT2D eigenvalue weighted by Crippen LogP contribution is -2.50. The summed E-state index contributed by atoms with van der Waals surface area (Å²) in [5, 5.41) is 4.65. The number of nitrogens with zero attached hydrogens (tertiary/aromatic N) is 3. The molecule has 1 atom stereocenters. The van der Waals surface area contributed by atoms with Crippen LogP contribution in [-0.4, -0.2) is 54.6 Å². The van der Waals surface area contributed by atoms with E-state index in [1.165, 1.54) is 0 Å². The Labute approximate surface area is 94.1 Å². The molecule has 7 heteroatoms. The quantitative estimate of drug-likeness (QED) is 0.599. The first-order chi connectivity index (χ1) is 7.90. The van der Waals surface area contributed by atoms with Crippen LogP contribution < -0.4 is 0 Å². The van der Waals surface area contributed by atoms with Crippen LogP contribution in [0.5, 0.6) is 0 Å². The number of rotatable bonds is 6. The minimum absolute atomic E-state index is 0.234. The topological polar surface area (TPSA) is 46.6 Å². The van der Waals surface area contributed by atoms with Crippen molar-refractivity contribution in [1.82, 2.24) is 15.5 Å². The van der Waals surface area contributed by atoms with Gasteiger partial charge in [-0.25, -0.2) is 4.84 Å². The zero-order chi connectivity index (χ0) is 10.8. The van der Waals surface area contributed by atoms with E-state index in [1.54, 1.807) is 10.1 Å². The van der Waals surface area contributed by atoms with Gasteiger partial charge in [0, 0.05) is 32.6 Å². The number of ether oxygens (including phenoxy) is 1. The van der Waals surface area contributed by atoms with Gasteiger partial charge in [0.05, 0.1) is 6.61 Å².